The van der Waals surface area contributed by atoms with Gasteiger partial charge in [0.2, 0.25) is 0 Å². The summed E-state index contributed by atoms with van der Waals surface area (Å²) >= 11 is 0. The highest BCUT2D eigenvalue weighted by molar-refractivity contribution is 5.79. The van der Waals surface area contributed by atoms with E-state index in [1.807, 2.05) is 0 Å². The van der Waals surface area contributed by atoms with E-state index >= 15 is 0 Å². The van der Waals surface area contributed by atoms with Crippen LogP contribution in [0.25, 0.3) is 0 Å². The molecule has 2 atom stereocenters. The molecule has 0 saturated heterocycles. The van der Waals surface area contributed by atoms with Crippen molar-refractivity contribution < 1.29 is 27.8 Å². The fourth-order valence-corrected chi connectivity index (χ4v) is 2.35. The molecule has 0 aromatic carbocycles. The number of rotatable bonds is 5. The molecule has 2 N–H and O–H groups in total. The normalized spacial score (nSPS) is 29.2. The molecule has 106 valence electrons. The standard InChI is InChI=1S/C11H18F3NO3/c1-2-15-10(9(16)17)5-3-4-8(6-10)18-7-11(12,13)14/h8,15H,2-7H2,1H3,(H,16,17). The zero-order valence-corrected chi connectivity index (χ0v) is 10.2. The minimum atomic E-state index is -4.37. The molecule has 1 aliphatic rings. The Morgan fingerprint density at radius 2 is 2.22 bits per heavy atom. The predicted octanol–water partition coefficient (Wildman–Crippen LogP) is 1.94. The summed E-state index contributed by atoms with van der Waals surface area (Å²) in [5, 5.41) is 12.1. The lowest BCUT2D eigenvalue weighted by molar-refractivity contribution is -0.191. The summed E-state index contributed by atoms with van der Waals surface area (Å²) in [5.41, 5.74) is -1.15. The van der Waals surface area contributed by atoms with Gasteiger partial charge in [-0.2, -0.15) is 13.2 Å². The largest absolute Gasteiger partial charge is 0.480 e. The number of carboxylic acid groups (broad SMARTS) is 1. The first kappa shape index (κ1) is 15.2. The van der Waals surface area contributed by atoms with Gasteiger partial charge in [0.05, 0.1) is 6.10 Å². The van der Waals surface area contributed by atoms with Crippen LogP contribution in [0.15, 0.2) is 0 Å². The van der Waals surface area contributed by atoms with Crippen LogP contribution >= 0.6 is 0 Å². The van der Waals surface area contributed by atoms with Crippen LogP contribution in [0.5, 0.6) is 0 Å². The fraction of sp³-hybridized carbons (Fsp3) is 0.909. The third kappa shape index (κ3) is 4.13. The van der Waals surface area contributed by atoms with Crippen molar-refractivity contribution in [3.63, 3.8) is 0 Å². The number of hydrogen-bond donors (Lipinski definition) is 2. The van der Waals surface area contributed by atoms with Gasteiger partial charge in [0, 0.05) is 6.42 Å². The minimum absolute atomic E-state index is 0.0756. The molecule has 2 unspecified atom stereocenters. The van der Waals surface area contributed by atoms with Crippen LogP contribution in [0.4, 0.5) is 13.2 Å². The molecule has 7 heteroatoms. The number of likely N-dealkylation sites (N-methyl/N-ethyl adjacent to an activating group) is 1. The number of ether oxygens (including phenoxy) is 1. The molecule has 0 spiro atoms. The second-order valence-electron chi connectivity index (χ2n) is 4.56. The summed E-state index contributed by atoms with van der Waals surface area (Å²) in [6.45, 7) is 0.905. The van der Waals surface area contributed by atoms with Gasteiger partial charge in [0.15, 0.2) is 0 Å². The van der Waals surface area contributed by atoms with E-state index in [-0.39, 0.29) is 6.42 Å². The molecule has 0 amide bonds. The second-order valence-corrected chi connectivity index (χ2v) is 4.56. The van der Waals surface area contributed by atoms with Crippen LogP contribution in [0.1, 0.15) is 32.6 Å². The Morgan fingerprint density at radius 3 is 2.72 bits per heavy atom. The Morgan fingerprint density at radius 1 is 1.56 bits per heavy atom. The smallest absolute Gasteiger partial charge is 0.411 e. The van der Waals surface area contributed by atoms with E-state index in [4.69, 9.17) is 4.74 Å². The Kier molecular flexibility index (Phi) is 4.98. The third-order valence-electron chi connectivity index (χ3n) is 3.11. The maximum absolute atomic E-state index is 12.1. The Hall–Kier alpha value is -0.820. The number of aliphatic carboxylic acids is 1. The SMILES string of the molecule is CCNC1(C(=O)O)CCCC(OCC(F)(F)F)C1. The summed E-state index contributed by atoms with van der Waals surface area (Å²) in [5.74, 6) is -1.02. The predicted molar refractivity (Wildman–Crippen MR) is 58.3 cm³/mol. The highest BCUT2D eigenvalue weighted by Crippen LogP contribution is 2.31. The van der Waals surface area contributed by atoms with Gasteiger partial charge in [0.25, 0.3) is 0 Å². The van der Waals surface area contributed by atoms with Crippen molar-refractivity contribution in [2.24, 2.45) is 0 Å². The van der Waals surface area contributed by atoms with Crippen LogP contribution in [0, 0.1) is 0 Å². The highest BCUT2D eigenvalue weighted by atomic mass is 19.4. The first-order chi connectivity index (χ1) is 8.29. The van der Waals surface area contributed by atoms with Crippen molar-refractivity contribution in [3.05, 3.63) is 0 Å². The van der Waals surface area contributed by atoms with E-state index < -0.39 is 30.4 Å². The molecule has 0 aliphatic heterocycles. The Labute approximate surface area is 103 Å². The average molecular weight is 269 g/mol. The summed E-state index contributed by atoms with van der Waals surface area (Å²) in [6.07, 6.45) is -3.52. The second kappa shape index (κ2) is 5.88. The summed E-state index contributed by atoms with van der Waals surface area (Å²) in [4.78, 5) is 11.3. The van der Waals surface area contributed by atoms with Crippen LogP contribution in [0.3, 0.4) is 0 Å². The van der Waals surface area contributed by atoms with Crippen LogP contribution < -0.4 is 5.32 Å². The molecule has 0 radical (unpaired) electrons. The number of carboxylic acids is 1. The van der Waals surface area contributed by atoms with Crippen molar-refractivity contribution in [3.8, 4) is 0 Å². The van der Waals surface area contributed by atoms with Crippen molar-refractivity contribution in [2.75, 3.05) is 13.2 Å². The van der Waals surface area contributed by atoms with Crippen molar-refractivity contribution >= 4 is 5.97 Å². The monoisotopic (exact) mass is 269 g/mol. The van der Waals surface area contributed by atoms with Gasteiger partial charge in [-0.15, -0.1) is 0 Å². The van der Waals surface area contributed by atoms with Gasteiger partial charge in [0.1, 0.15) is 12.1 Å². The highest BCUT2D eigenvalue weighted by Gasteiger charge is 2.43. The lowest BCUT2D eigenvalue weighted by Gasteiger charge is -2.38. The maximum atomic E-state index is 12.1. The summed E-state index contributed by atoms with van der Waals surface area (Å²) < 4.78 is 40.9. The molecule has 1 rings (SSSR count). The Balaban J connectivity index is 2.61. The molecule has 18 heavy (non-hydrogen) atoms. The molecule has 0 heterocycles. The number of hydrogen-bond acceptors (Lipinski definition) is 3. The number of halogens is 3. The third-order valence-corrected chi connectivity index (χ3v) is 3.11. The van der Waals surface area contributed by atoms with E-state index in [2.05, 4.69) is 5.32 Å². The van der Waals surface area contributed by atoms with E-state index in [1.165, 1.54) is 0 Å². The van der Waals surface area contributed by atoms with Gasteiger partial charge in [-0.3, -0.25) is 4.79 Å². The van der Waals surface area contributed by atoms with Crippen molar-refractivity contribution in [2.45, 2.75) is 50.4 Å². The zero-order chi connectivity index (χ0) is 13.8. The maximum Gasteiger partial charge on any atom is 0.411 e. The fourth-order valence-electron chi connectivity index (χ4n) is 2.35. The average Bonchev–Trinajstić information content (AvgIpc) is 2.26. The lowest BCUT2D eigenvalue weighted by Crippen LogP contribution is -2.56. The lowest BCUT2D eigenvalue weighted by atomic mass is 9.80. The Bertz CT molecular complexity index is 292. The van der Waals surface area contributed by atoms with Crippen LogP contribution in [0.2, 0.25) is 0 Å². The van der Waals surface area contributed by atoms with E-state index in [9.17, 15) is 23.1 Å². The zero-order valence-electron chi connectivity index (χ0n) is 10.2. The first-order valence-electron chi connectivity index (χ1n) is 5.96. The van der Waals surface area contributed by atoms with Gasteiger partial charge >= 0.3 is 12.1 Å². The molecule has 0 aromatic heterocycles. The molecule has 1 aliphatic carbocycles. The molecule has 0 bridgehead atoms. The number of alkyl halides is 3. The van der Waals surface area contributed by atoms with Crippen molar-refractivity contribution in [1.29, 1.82) is 0 Å². The topological polar surface area (TPSA) is 58.6 Å². The van der Waals surface area contributed by atoms with Crippen LogP contribution in [-0.4, -0.2) is 42.0 Å². The number of carbonyl (C=O) groups is 1. The van der Waals surface area contributed by atoms with E-state index in [0.29, 0.717) is 25.8 Å². The first-order valence-corrected chi connectivity index (χ1v) is 5.96. The summed E-state index contributed by atoms with van der Waals surface area (Å²) in [6, 6.07) is 0. The van der Waals surface area contributed by atoms with Crippen molar-refractivity contribution in [1.82, 2.24) is 5.32 Å². The van der Waals surface area contributed by atoms with Gasteiger partial charge in [-0.05, 0) is 25.8 Å². The number of nitrogens with one attached hydrogen (secondary N) is 1. The minimum Gasteiger partial charge on any atom is -0.480 e. The van der Waals surface area contributed by atoms with Crippen LogP contribution in [-0.2, 0) is 9.53 Å². The molecular formula is C11H18F3NO3. The quantitative estimate of drug-likeness (QED) is 0.800. The molecular weight excluding hydrogens is 251 g/mol. The summed E-state index contributed by atoms with van der Waals surface area (Å²) in [7, 11) is 0. The van der Waals surface area contributed by atoms with E-state index in [1.54, 1.807) is 6.92 Å². The van der Waals surface area contributed by atoms with Gasteiger partial charge in [-0.1, -0.05) is 6.92 Å². The molecule has 4 nitrogen and oxygen atoms in total. The molecule has 1 saturated carbocycles. The van der Waals surface area contributed by atoms with E-state index in [0.717, 1.165) is 0 Å². The van der Waals surface area contributed by atoms with Gasteiger partial charge in [-0.25, -0.2) is 0 Å². The van der Waals surface area contributed by atoms with Gasteiger partial charge < -0.3 is 15.2 Å². The molecule has 1 fully saturated rings. The molecule has 0 aromatic rings.